The van der Waals surface area contributed by atoms with Crippen molar-refractivity contribution < 1.29 is 0 Å². The standard InChI is InChI=1S/C46H28N4O/c51-46-36-19-8-7-18-34(36)43-35-25-23-29(30-24-26-41-37(27-30)33-17-9-11-21-40(33)48(41)31-13-3-1-4-14-31)28-38(35)44-47-39-20-10-12-22-42(39)50(44)45(43)49(46)32-15-5-2-6-16-32/h1-28H. The highest BCUT2D eigenvalue weighted by molar-refractivity contribution is 6.23. The maximum Gasteiger partial charge on any atom is 0.264 e. The Balaban J connectivity index is 1.26. The first-order valence-electron chi connectivity index (χ1n) is 17.2. The van der Waals surface area contributed by atoms with E-state index in [2.05, 4.69) is 112 Å². The maximum absolute atomic E-state index is 14.4. The first-order valence-corrected chi connectivity index (χ1v) is 17.2. The minimum absolute atomic E-state index is 0.0534. The number of para-hydroxylation sites is 5. The van der Waals surface area contributed by atoms with E-state index in [1.54, 1.807) is 0 Å². The van der Waals surface area contributed by atoms with E-state index in [4.69, 9.17) is 4.98 Å². The van der Waals surface area contributed by atoms with Crippen LogP contribution in [0, 0.1) is 0 Å². The molecule has 0 saturated carbocycles. The van der Waals surface area contributed by atoms with Gasteiger partial charge in [0.25, 0.3) is 5.56 Å². The van der Waals surface area contributed by atoms with Gasteiger partial charge < -0.3 is 4.57 Å². The Hall–Kier alpha value is -6.98. The van der Waals surface area contributed by atoms with Crippen LogP contribution in [0.5, 0.6) is 0 Å². The van der Waals surface area contributed by atoms with Crippen molar-refractivity contribution in [2.24, 2.45) is 0 Å². The van der Waals surface area contributed by atoms with Crippen LogP contribution in [0.4, 0.5) is 0 Å². The highest BCUT2D eigenvalue weighted by Crippen LogP contribution is 2.40. The minimum Gasteiger partial charge on any atom is -0.309 e. The zero-order valence-corrected chi connectivity index (χ0v) is 27.4. The van der Waals surface area contributed by atoms with Crippen LogP contribution in [0.15, 0.2) is 175 Å². The lowest BCUT2D eigenvalue weighted by molar-refractivity contribution is 1.02. The molecule has 0 aliphatic carbocycles. The molecule has 0 amide bonds. The highest BCUT2D eigenvalue weighted by atomic mass is 16.1. The number of imidazole rings is 1. The fraction of sp³-hybridized carbons (Fsp3) is 0. The molecule has 0 unspecified atom stereocenters. The number of aromatic nitrogens is 4. The molecule has 51 heavy (non-hydrogen) atoms. The van der Waals surface area contributed by atoms with E-state index in [0.717, 1.165) is 66.4 Å². The Morgan fingerprint density at radius 1 is 0.412 bits per heavy atom. The summed E-state index contributed by atoms with van der Waals surface area (Å²) >= 11 is 0. The van der Waals surface area contributed by atoms with Crippen LogP contribution >= 0.6 is 0 Å². The number of benzene rings is 7. The van der Waals surface area contributed by atoms with Gasteiger partial charge in [0.15, 0.2) is 0 Å². The average Bonchev–Trinajstić information content (AvgIpc) is 3.75. The first-order chi connectivity index (χ1) is 25.2. The SMILES string of the molecule is O=c1c2ccccc2c2c3ccc(-c4ccc5c(c4)c4ccccc4n5-c4ccccc4)cc3c3nc4ccccc4n3c2n1-c1ccccc1. The molecule has 0 atom stereocenters. The van der Waals surface area contributed by atoms with Crippen molar-refractivity contribution in [3.05, 3.63) is 180 Å². The molecule has 7 aromatic carbocycles. The van der Waals surface area contributed by atoms with Crippen LogP contribution in [-0.2, 0) is 0 Å². The first kappa shape index (κ1) is 27.9. The van der Waals surface area contributed by atoms with E-state index in [0.29, 0.717) is 5.39 Å². The monoisotopic (exact) mass is 652 g/mol. The van der Waals surface area contributed by atoms with Crippen molar-refractivity contribution in [2.75, 3.05) is 0 Å². The lowest BCUT2D eigenvalue weighted by Crippen LogP contribution is -2.21. The Morgan fingerprint density at radius 2 is 0.961 bits per heavy atom. The Kier molecular flexibility index (Phi) is 5.75. The molecule has 0 N–H and O–H groups in total. The van der Waals surface area contributed by atoms with Crippen LogP contribution < -0.4 is 5.56 Å². The van der Waals surface area contributed by atoms with Crippen molar-refractivity contribution in [3.63, 3.8) is 0 Å². The fourth-order valence-electron chi connectivity index (χ4n) is 8.19. The molecule has 5 nitrogen and oxygen atoms in total. The lowest BCUT2D eigenvalue weighted by atomic mass is 9.97. The van der Waals surface area contributed by atoms with E-state index in [1.165, 1.54) is 21.8 Å². The number of pyridine rings is 2. The predicted molar refractivity (Wildman–Crippen MR) is 211 cm³/mol. The Morgan fingerprint density at radius 3 is 1.73 bits per heavy atom. The van der Waals surface area contributed by atoms with Crippen molar-refractivity contribution in [1.29, 1.82) is 0 Å². The predicted octanol–water partition coefficient (Wildman–Crippen LogP) is 10.9. The molecular formula is C46H28N4O. The van der Waals surface area contributed by atoms with Gasteiger partial charge in [-0.1, -0.05) is 103 Å². The van der Waals surface area contributed by atoms with Crippen molar-refractivity contribution in [1.82, 2.24) is 18.5 Å². The number of hydrogen-bond acceptors (Lipinski definition) is 2. The maximum atomic E-state index is 14.4. The molecule has 0 bridgehead atoms. The molecule has 11 rings (SSSR count). The lowest BCUT2D eigenvalue weighted by Gasteiger charge is -2.18. The molecule has 4 heterocycles. The third-order valence-electron chi connectivity index (χ3n) is 10.4. The number of nitrogens with zero attached hydrogens (tertiary/aromatic N) is 4. The normalized spacial score (nSPS) is 12.0. The Labute approximate surface area is 291 Å². The molecule has 5 heteroatoms. The van der Waals surface area contributed by atoms with E-state index >= 15 is 0 Å². The topological polar surface area (TPSA) is 44.2 Å². The molecule has 0 spiro atoms. The zero-order valence-electron chi connectivity index (χ0n) is 27.4. The van der Waals surface area contributed by atoms with Gasteiger partial charge in [-0.05, 0) is 88.6 Å². The summed E-state index contributed by atoms with van der Waals surface area (Å²) in [6.07, 6.45) is 0. The summed E-state index contributed by atoms with van der Waals surface area (Å²) in [4.78, 5) is 19.7. The van der Waals surface area contributed by atoms with Gasteiger partial charge in [0.1, 0.15) is 11.3 Å². The molecule has 0 aliphatic rings. The smallest absolute Gasteiger partial charge is 0.264 e. The third kappa shape index (κ3) is 3.91. The van der Waals surface area contributed by atoms with Gasteiger partial charge >= 0.3 is 0 Å². The summed E-state index contributed by atoms with van der Waals surface area (Å²) < 4.78 is 6.40. The van der Waals surface area contributed by atoms with Crippen LogP contribution in [-0.4, -0.2) is 18.5 Å². The molecule has 0 aliphatic heterocycles. The van der Waals surface area contributed by atoms with Crippen molar-refractivity contribution in [2.45, 2.75) is 0 Å². The van der Waals surface area contributed by atoms with Crippen LogP contribution in [0.1, 0.15) is 0 Å². The van der Waals surface area contributed by atoms with E-state index < -0.39 is 0 Å². The average molecular weight is 653 g/mol. The zero-order chi connectivity index (χ0) is 33.6. The third-order valence-corrected chi connectivity index (χ3v) is 10.4. The van der Waals surface area contributed by atoms with E-state index in [-0.39, 0.29) is 5.56 Å². The summed E-state index contributed by atoms with van der Waals surface area (Å²) in [5.74, 6) is 0. The number of fused-ring (bicyclic) bond motifs is 13. The van der Waals surface area contributed by atoms with Crippen molar-refractivity contribution in [3.8, 4) is 22.5 Å². The van der Waals surface area contributed by atoms with Gasteiger partial charge in [-0.3, -0.25) is 13.8 Å². The summed E-state index contributed by atoms with van der Waals surface area (Å²) in [7, 11) is 0. The number of hydrogen-bond donors (Lipinski definition) is 0. The van der Waals surface area contributed by atoms with Gasteiger partial charge in [0.2, 0.25) is 0 Å². The van der Waals surface area contributed by atoms with Crippen LogP contribution in [0.2, 0.25) is 0 Å². The largest absolute Gasteiger partial charge is 0.309 e. The van der Waals surface area contributed by atoms with Gasteiger partial charge in [-0.25, -0.2) is 4.98 Å². The molecule has 0 radical (unpaired) electrons. The summed E-state index contributed by atoms with van der Waals surface area (Å²) in [5.41, 5.74) is 9.97. The summed E-state index contributed by atoms with van der Waals surface area (Å²) in [6, 6.07) is 58.8. The van der Waals surface area contributed by atoms with Gasteiger partial charge in [-0.2, -0.15) is 0 Å². The molecular weight excluding hydrogens is 625 g/mol. The van der Waals surface area contributed by atoms with Crippen LogP contribution in [0.3, 0.4) is 0 Å². The molecule has 4 aromatic heterocycles. The fourth-order valence-corrected chi connectivity index (χ4v) is 8.19. The van der Waals surface area contributed by atoms with E-state index in [9.17, 15) is 4.79 Å². The number of rotatable bonds is 3. The van der Waals surface area contributed by atoms with Gasteiger partial charge in [0.05, 0.1) is 27.8 Å². The summed E-state index contributed by atoms with van der Waals surface area (Å²) in [5, 5.41) is 7.15. The molecule has 11 aromatic rings. The second-order valence-corrected chi connectivity index (χ2v) is 13.2. The second-order valence-electron chi connectivity index (χ2n) is 13.2. The van der Waals surface area contributed by atoms with Gasteiger partial charge in [0, 0.05) is 32.6 Å². The molecule has 238 valence electrons. The quantitative estimate of drug-likeness (QED) is 0.178. The van der Waals surface area contributed by atoms with E-state index in [1.807, 2.05) is 71.3 Å². The van der Waals surface area contributed by atoms with Crippen molar-refractivity contribution >= 4 is 71.1 Å². The summed E-state index contributed by atoms with van der Waals surface area (Å²) in [6.45, 7) is 0. The molecule has 0 saturated heterocycles. The highest BCUT2D eigenvalue weighted by Gasteiger charge is 2.22. The Bertz CT molecular complexity index is 3260. The molecule has 0 fully saturated rings. The minimum atomic E-state index is -0.0534. The van der Waals surface area contributed by atoms with Gasteiger partial charge in [-0.15, -0.1) is 0 Å². The van der Waals surface area contributed by atoms with Crippen LogP contribution in [0.25, 0.3) is 93.6 Å². The second kappa shape index (κ2) is 10.5.